The number of likely N-dealkylation sites (N-methyl/N-ethyl adjacent to an activating group) is 1. The lowest BCUT2D eigenvalue weighted by Crippen LogP contribution is -2.41. The summed E-state index contributed by atoms with van der Waals surface area (Å²) in [4.78, 5) is 18.0. The van der Waals surface area contributed by atoms with Crippen LogP contribution in [0.4, 0.5) is 4.79 Å². The normalized spacial score (nSPS) is 12.4. The number of aromatic nitrogens is 2. The van der Waals surface area contributed by atoms with Gasteiger partial charge in [-0.25, -0.2) is 9.78 Å². The molecular formula is C16H24N4O2. The predicted molar refractivity (Wildman–Crippen MR) is 86.8 cm³/mol. The van der Waals surface area contributed by atoms with Crippen molar-refractivity contribution >= 4 is 17.1 Å². The van der Waals surface area contributed by atoms with Gasteiger partial charge in [0.1, 0.15) is 5.82 Å². The summed E-state index contributed by atoms with van der Waals surface area (Å²) in [5, 5.41) is 12.1. The van der Waals surface area contributed by atoms with E-state index in [1.807, 2.05) is 18.2 Å². The second-order valence-corrected chi connectivity index (χ2v) is 5.47. The number of carbonyl (C=O) groups excluding carboxylic acids is 1. The van der Waals surface area contributed by atoms with Crippen molar-refractivity contribution < 1.29 is 9.90 Å². The van der Waals surface area contributed by atoms with Gasteiger partial charge in [0.15, 0.2) is 0 Å². The maximum atomic E-state index is 11.9. The van der Waals surface area contributed by atoms with E-state index in [1.165, 1.54) is 4.90 Å². The Hall–Kier alpha value is -2.08. The topological polar surface area (TPSA) is 70.4 Å². The number of aliphatic hydroxyl groups excluding tert-OH is 1. The molecule has 1 heterocycles. The Labute approximate surface area is 130 Å². The summed E-state index contributed by atoms with van der Waals surface area (Å²) in [6, 6.07) is 7.86. The second kappa shape index (κ2) is 7.26. The number of aryl methyl sites for hydroxylation is 1. The molecule has 1 aromatic heterocycles. The highest BCUT2D eigenvalue weighted by Gasteiger charge is 2.12. The Morgan fingerprint density at radius 1 is 1.45 bits per heavy atom. The molecule has 0 saturated carbocycles. The molecule has 2 N–H and O–H groups in total. The van der Waals surface area contributed by atoms with Crippen molar-refractivity contribution in [2.75, 3.05) is 20.1 Å². The number of hydrogen-bond acceptors (Lipinski definition) is 3. The fourth-order valence-corrected chi connectivity index (χ4v) is 2.56. The van der Waals surface area contributed by atoms with Gasteiger partial charge in [-0.2, -0.15) is 0 Å². The maximum Gasteiger partial charge on any atom is 0.317 e. The molecule has 1 unspecified atom stereocenters. The molecule has 6 heteroatoms. The van der Waals surface area contributed by atoms with Crippen molar-refractivity contribution in [3.63, 3.8) is 0 Å². The Balaban J connectivity index is 1.96. The van der Waals surface area contributed by atoms with E-state index in [2.05, 4.69) is 27.9 Å². The van der Waals surface area contributed by atoms with E-state index in [9.17, 15) is 9.90 Å². The van der Waals surface area contributed by atoms with E-state index in [4.69, 9.17) is 0 Å². The Kier molecular flexibility index (Phi) is 5.38. The third-order valence-electron chi connectivity index (χ3n) is 3.56. The van der Waals surface area contributed by atoms with E-state index < -0.39 is 6.10 Å². The average Bonchev–Trinajstić information content (AvgIpc) is 2.83. The van der Waals surface area contributed by atoms with E-state index in [0.29, 0.717) is 19.5 Å². The molecule has 2 aromatic rings. The van der Waals surface area contributed by atoms with Crippen LogP contribution in [-0.4, -0.2) is 51.8 Å². The first-order valence-corrected chi connectivity index (χ1v) is 7.64. The van der Waals surface area contributed by atoms with Gasteiger partial charge in [-0.3, -0.25) is 0 Å². The lowest BCUT2D eigenvalue weighted by molar-refractivity contribution is 0.144. The van der Waals surface area contributed by atoms with Gasteiger partial charge in [0.2, 0.25) is 0 Å². The zero-order valence-corrected chi connectivity index (χ0v) is 13.4. The van der Waals surface area contributed by atoms with Gasteiger partial charge >= 0.3 is 6.03 Å². The quantitative estimate of drug-likeness (QED) is 0.852. The van der Waals surface area contributed by atoms with Crippen molar-refractivity contribution in [3.05, 3.63) is 30.1 Å². The van der Waals surface area contributed by atoms with Crippen molar-refractivity contribution in [1.82, 2.24) is 19.8 Å². The summed E-state index contributed by atoms with van der Waals surface area (Å²) in [7, 11) is 1.67. The molecular weight excluding hydrogens is 280 g/mol. The first-order valence-electron chi connectivity index (χ1n) is 7.64. The number of aliphatic hydroxyl groups is 1. The van der Waals surface area contributed by atoms with Gasteiger partial charge < -0.3 is 19.9 Å². The van der Waals surface area contributed by atoms with Crippen LogP contribution in [0.2, 0.25) is 0 Å². The lowest BCUT2D eigenvalue weighted by Gasteiger charge is -2.19. The van der Waals surface area contributed by atoms with Crippen LogP contribution in [-0.2, 0) is 13.0 Å². The summed E-state index contributed by atoms with van der Waals surface area (Å²) in [6.07, 6.45) is 0.150. The van der Waals surface area contributed by atoms with E-state index >= 15 is 0 Å². The standard InChI is InChI=1S/C16H24N4O2/c1-4-20-14-8-6-5-7-13(14)18-15(20)9-10-17-16(22)19(3)11-12(2)21/h5-8,12,21H,4,9-11H2,1-3H3,(H,17,22). The molecule has 0 bridgehead atoms. The monoisotopic (exact) mass is 304 g/mol. The van der Waals surface area contributed by atoms with Crippen LogP contribution in [0, 0.1) is 0 Å². The molecule has 2 rings (SSSR count). The summed E-state index contributed by atoms with van der Waals surface area (Å²) in [5.41, 5.74) is 2.11. The predicted octanol–water partition coefficient (Wildman–Crippen LogP) is 1.62. The van der Waals surface area contributed by atoms with Crippen molar-refractivity contribution in [2.24, 2.45) is 0 Å². The number of benzene rings is 1. The maximum absolute atomic E-state index is 11.9. The van der Waals surface area contributed by atoms with Gasteiger partial charge in [-0.1, -0.05) is 12.1 Å². The number of nitrogens with one attached hydrogen (secondary N) is 1. The van der Waals surface area contributed by atoms with Crippen LogP contribution in [0.25, 0.3) is 11.0 Å². The summed E-state index contributed by atoms with van der Waals surface area (Å²) in [6.45, 7) is 5.44. The number of carbonyl (C=O) groups is 1. The highest BCUT2D eigenvalue weighted by atomic mass is 16.3. The number of para-hydroxylation sites is 2. The van der Waals surface area contributed by atoms with Gasteiger partial charge in [0.05, 0.1) is 17.1 Å². The molecule has 0 aliphatic heterocycles. The van der Waals surface area contributed by atoms with Gasteiger partial charge in [-0.05, 0) is 26.0 Å². The smallest absolute Gasteiger partial charge is 0.317 e. The molecule has 1 atom stereocenters. The SMILES string of the molecule is CCn1c(CCNC(=O)N(C)CC(C)O)nc2ccccc21. The largest absolute Gasteiger partial charge is 0.392 e. The van der Waals surface area contributed by atoms with Gasteiger partial charge in [-0.15, -0.1) is 0 Å². The molecule has 6 nitrogen and oxygen atoms in total. The molecule has 0 fully saturated rings. The number of urea groups is 1. The number of imidazole rings is 1. The van der Waals surface area contributed by atoms with Crippen LogP contribution in [0.3, 0.4) is 0 Å². The first kappa shape index (κ1) is 16.3. The highest BCUT2D eigenvalue weighted by molar-refractivity contribution is 5.76. The number of fused-ring (bicyclic) bond motifs is 1. The van der Waals surface area contributed by atoms with E-state index in [0.717, 1.165) is 23.4 Å². The van der Waals surface area contributed by atoms with Crippen LogP contribution < -0.4 is 5.32 Å². The van der Waals surface area contributed by atoms with Crippen molar-refractivity contribution in [2.45, 2.75) is 32.9 Å². The van der Waals surface area contributed by atoms with Gasteiger partial charge in [0.25, 0.3) is 0 Å². The summed E-state index contributed by atoms with van der Waals surface area (Å²) in [5.74, 6) is 0.974. The van der Waals surface area contributed by atoms with E-state index in [-0.39, 0.29) is 6.03 Å². The number of nitrogens with zero attached hydrogens (tertiary/aromatic N) is 3. The second-order valence-electron chi connectivity index (χ2n) is 5.47. The Morgan fingerprint density at radius 3 is 2.86 bits per heavy atom. The molecule has 0 aliphatic carbocycles. The minimum Gasteiger partial charge on any atom is -0.392 e. The highest BCUT2D eigenvalue weighted by Crippen LogP contribution is 2.15. The summed E-state index contributed by atoms with van der Waals surface area (Å²) < 4.78 is 2.17. The van der Waals surface area contributed by atoms with Crippen LogP contribution in [0.1, 0.15) is 19.7 Å². The van der Waals surface area contributed by atoms with Crippen molar-refractivity contribution in [3.8, 4) is 0 Å². The fraction of sp³-hybridized carbons (Fsp3) is 0.500. The van der Waals surface area contributed by atoms with Crippen LogP contribution >= 0.6 is 0 Å². The average molecular weight is 304 g/mol. The van der Waals surface area contributed by atoms with E-state index in [1.54, 1.807) is 14.0 Å². The molecule has 0 saturated heterocycles. The zero-order chi connectivity index (χ0) is 16.1. The minimum absolute atomic E-state index is 0.181. The Morgan fingerprint density at radius 2 is 2.18 bits per heavy atom. The summed E-state index contributed by atoms with van der Waals surface area (Å²) >= 11 is 0. The third kappa shape index (κ3) is 3.76. The fourth-order valence-electron chi connectivity index (χ4n) is 2.56. The lowest BCUT2D eigenvalue weighted by atomic mass is 10.3. The minimum atomic E-state index is -0.528. The Bertz CT molecular complexity index is 636. The van der Waals surface area contributed by atoms with Crippen LogP contribution in [0.15, 0.2) is 24.3 Å². The van der Waals surface area contributed by atoms with Crippen molar-refractivity contribution in [1.29, 1.82) is 0 Å². The molecule has 22 heavy (non-hydrogen) atoms. The number of amides is 2. The van der Waals surface area contributed by atoms with Gasteiger partial charge in [0, 0.05) is 33.1 Å². The van der Waals surface area contributed by atoms with Crippen LogP contribution in [0.5, 0.6) is 0 Å². The number of rotatable bonds is 6. The number of hydrogen-bond donors (Lipinski definition) is 2. The molecule has 0 spiro atoms. The zero-order valence-electron chi connectivity index (χ0n) is 13.4. The molecule has 120 valence electrons. The molecule has 1 aromatic carbocycles. The third-order valence-corrected chi connectivity index (χ3v) is 3.56. The molecule has 0 radical (unpaired) electrons. The molecule has 0 aliphatic rings. The molecule has 2 amide bonds. The first-order chi connectivity index (χ1) is 10.5.